The van der Waals surface area contributed by atoms with Crippen LogP contribution in [0.15, 0.2) is 83.4 Å². The van der Waals surface area contributed by atoms with Gasteiger partial charge in [-0.2, -0.15) is 0 Å². The number of ether oxygens (including phenoxy) is 3. The Morgan fingerprint density at radius 1 is 1.06 bits per heavy atom. The van der Waals surface area contributed by atoms with Crippen LogP contribution in [0.25, 0.3) is 11.3 Å². The number of pyridine rings is 1. The summed E-state index contributed by atoms with van der Waals surface area (Å²) in [5, 5.41) is 3.96. The van der Waals surface area contributed by atoms with E-state index in [1.807, 2.05) is 59.5 Å². The molecule has 2 aliphatic rings. The number of fused-ring (bicyclic) bond motifs is 1. The number of carbonyl (C=O) groups excluding carboxylic acids is 1. The van der Waals surface area contributed by atoms with E-state index < -0.39 is 5.97 Å². The van der Waals surface area contributed by atoms with E-state index in [9.17, 15) is 4.79 Å². The first-order chi connectivity index (χ1) is 17.6. The summed E-state index contributed by atoms with van der Waals surface area (Å²) in [4.78, 5) is 18.6. The number of furan rings is 1. The van der Waals surface area contributed by atoms with E-state index in [1.54, 1.807) is 24.4 Å². The molecule has 180 valence electrons. The maximum Gasteiger partial charge on any atom is 0.337 e. The van der Waals surface area contributed by atoms with Crippen molar-refractivity contribution in [2.24, 2.45) is 0 Å². The van der Waals surface area contributed by atoms with Crippen LogP contribution in [0.3, 0.4) is 0 Å². The number of anilines is 1. The Balaban J connectivity index is 1.42. The summed E-state index contributed by atoms with van der Waals surface area (Å²) in [5.74, 6) is 2.27. The Morgan fingerprint density at radius 3 is 2.78 bits per heavy atom. The topological polar surface area (TPSA) is 86.1 Å². The van der Waals surface area contributed by atoms with E-state index in [0.717, 1.165) is 16.9 Å². The highest BCUT2D eigenvalue weighted by atomic mass is 32.1. The summed E-state index contributed by atoms with van der Waals surface area (Å²) in [6.45, 7) is 0.188. The van der Waals surface area contributed by atoms with Crippen LogP contribution in [-0.2, 0) is 4.74 Å². The van der Waals surface area contributed by atoms with Crippen LogP contribution in [0.4, 0.5) is 5.69 Å². The third-order valence-electron chi connectivity index (χ3n) is 6.22. The average Bonchev–Trinajstić information content (AvgIpc) is 3.66. The summed E-state index contributed by atoms with van der Waals surface area (Å²) in [6.07, 6.45) is 1.76. The molecule has 9 heteroatoms. The van der Waals surface area contributed by atoms with Crippen LogP contribution in [0.2, 0.25) is 0 Å². The Hall–Kier alpha value is -4.37. The number of aromatic nitrogens is 1. The van der Waals surface area contributed by atoms with Gasteiger partial charge >= 0.3 is 5.97 Å². The van der Waals surface area contributed by atoms with Gasteiger partial charge in [0.05, 0.1) is 24.4 Å². The molecule has 0 unspecified atom stereocenters. The number of hydrogen-bond donors (Lipinski definition) is 1. The predicted octanol–water partition coefficient (Wildman–Crippen LogP) is 5.03. The molecule has 36 heavy (non-hydrogen) atoms. The quantitative estimate of drug-likeness (QED) is 0.300. The van der Waals surface area contributed by atoms with Crippen molar-refractivity contribution in [2.45, 2.75) is 12.1 Å². The molecule has 0 amide bonds. The maximum absolute atomic E-state index is 12.0. The molecule has 0 saturated carbocycles. The van der Waals surface area contributed by atoms with Crippen molar-refractivity contribution in [1.29, 1.82) is 0 Å². The fourth-order valence-corrected chi connectivity index (χ4v) is 4.89. The molecule has 6 rings (SSSR count). The number of nitrogens with one attached hydrogen (secondary N) is 1. The molecule has 2 atom stereocenters. The molecule has 1 N–H and O–H groups in total. The van der Waals surface area contributed by atoms with Gasteiger partial charge in [-0.05, 0) is 60.7 Å². The van der Waals surface area contributed by atoms with Crippen molar-refractivity contribution in [3.8, 4) is 22.8 Å². The van der Waals surface area contributed by atoms with Gasteiger partial charge in [0.25, 0.3) is 0 Å². The number of benzene rings is 2. The van der Waals surface area contributed by atoms with E-state index in [1.165, 1.54) is 7.11 Å². The number of rotatable bonds is 5. The van der Waals surface area contributed by atoms with E-state index in [2.05, 4.69) is 10.3 Å². The van der Waals surface area contributed by atoms with Crippen molar-refractivity contribution < 1.29 is 23.4 Å². The molecule has 0 radical (unpaired) electrons. The zero-order chi connectivity index (χ0) is 24.6. The maximum atomic E-state index is 12.0. The SMILES string of the molecule is COC(=O)c1cccc(-c2ccc([C@H]3[C@@H](c4ccccn4)NC(=S)N3c3ccc4c(c3)OCO4)o2)c1. The van der Waals surface area contributed by atoms with Crippen LogP contribution in [0.1, 0.15) is 33.9 Å². The minimum absolute atomic E-state index is 0.188. The molecule has 0 bridgehead atoms. The van der Waals surface area contributed by atoms with Crippen molar-refractivity contribution in [1.82, 2.24) is 10.3 Å². The second-order valence-electron chi connectivity index (χ2n) is 8.31. The molecule has 8 nitrogen and oxygen atoms in total. The van der Waals surface area contributed by atoms with Crippen LogP contribution >= 0.6 is 12.2 Å². The second kappa shape index (κ2) is 9.01. The third-order valence-corrected chi connectivity index (χ3v) is 6.53. The van der Waals surface area contributed by atoms with Gasteiger partial charge < -0.3 is 28.8 Å². The molecule has 0 aliphatic carbocycles. The molecule has 4 heterocycles. The van der Waals surface area contributed by atoms with Gasteiger partial charge in [0, 0.05) is 23.5 Å². The molecular weight excluding hydrogens is 478 g/mol. The number of esters is 1. The zero-order valence-corrected chi connectivity index (χ0v) is 20.0. The van der Waals surface area contributed by atoms with Gasteiger partial charge in [0.2, 0.25) is 6.79 Å². The fourth-order valence-electron chi connectivity index (χ4n) is 4.54. The summed E-state index contributed by atoms with van der Waals surface area (Å²) in [5.41, 5.74) is 2.89. The Morgan fingerprint density at radius 2 is 1.94 bits per heavy atom. The summed E-state index contributed by atoms with van der Waals surface area (Å²) in [7, 11) is 1.36. The third kappa shape index (κ3) is 3.83. The van der Waals surface area contributed by atoms with E-state index >= 15 is 0 Å². The zero-order valence-electron chi connectivity index (χ0n) is 19.2. The normalized spacial score (nSPS) is 18.2. The Labute approximate surface area is 212 Å². The lowest BCUT2D eigenvalue weighted by Crippen LogP contribution is -2.29. The largest absolute Gasteiger partial charge is 0.465 e. The first-order valence-corrected chi connectivity index (χ1v) is 11.7. The van der Waals surface area contributed by atoms with Crippen molar-refractivity contribution in [3.05, 3.63) is 96.0 Å². The predicted molar refractivity (Wildman–Crippen MR) is 136 cm³/mol. The lowest BCUT2D eigenvalue weighted by molar-refractivity contribution is 0.0600. The molecular formula is C27H21N3O5S. The number of hydrogen-bond acceptors (Lipinski definition) is 7. The number of methoxy groups -OCH3 is 1. The first-order valence-electron chi connectivity index (χ1n) is 11.3. The monoisotopic (exact) mass is 499 g/mol. The van der Waals surface area contributed by atoms with Gasteiger partial charge in [0.15, 0.2) is 16.6 Å². The molecule has 4 aromatic rings. The Bertz CT molecular complexity index is 1450. The van der Waals surface area contributed by atoms with Crippen molar-refractivity contribution >= 4 is 29.0 Å². The number of nitrogens with zero attached hydrogens (tertiary/aromatic N) is 2. The van der Waals surface area contributed by atoms with Crippen LogP contribution < -0.4 is 19.7 Å². The van der Waals surface area contributed by atoms with Crippen molar-refractivity contribution in [2.75, 3.05) is 18.8 Å². The van der Waals surface area contributed by atoms with E-state index in [0.29, 0.717) is 33.7 Å². The Kier molecular flexibility index (Phi) is 5.54. The fraction of sp³-hybridized carbons (Fsp3) is 0.148. The summed E-state index contributed by atoms with van der Waals surface area (Å²) >= 11 is 5.79. The highest BCUT2D eigenvalue weighted by Crippen LogP contribution is 2.45. The lowest BCUT2D eigenvalue weighted by atomic mass is 10.0. The first kappa shape index (κ1) is 22.1. The van der Waals surface area contributed by atoms with Gasteiger partial charge in [-0.25, -0.2) is 4.79 Å². The van der Waals surface area contributed by atoms with Gasteiger partial charge in [0.1, 0.15) is 17.6 Å². The number of thiocarbonyl (C=S) groups is 1. The minimum Gasteiger partial charge on any atom is -0.465 e. The van der Waals surface area contributed by atoms with Crippen LogP contribution in [0, 0.1) is 0 Å². The van der Waals surface area contributed by atoms with E-state index in [-0.39, 0.29) is 18.9 Å². The van der Waals surface area contributed by atoms with Gasteiger partial charge in [-0.15, -0.1) is 0 Å². The highest BCUT2D eigenvalue weighted by molar-refractivity contribution is 7.80. The highest BCUT2D eigenvalue weighted by Gasteiger charge is 2.43. The average molecular weight is 500 g/mol. The van der Waals surface area contributed by atoms with Gasteiger partial charge in [-0.1, -0.05) is 18.2 Å². The molecule has 1 saturated heterocycles. The molecule has 0 spiro atoms. The lowest BCUT2D eigenvalue weighted by Gasteiger charge is -2.26. The van der Waals surface area contributed by atoms with Crippen LogP contribution in [-0.4, -0.2) is 30.0 Å². The molecule has 2 aromatic heterocycles. The second-order valence-corrected chi connectivity index (χ2v) is 8.70. The van der Waals surface area contributed by atoms with Crippen LogP contribution in [0.5, 0.6) is 11.5 Å². The van der Waals surface area contributed by atoms with E-state index in [4.69, 9.17) is 30.8 Å². The standard InChI is InChI=1S/C27H21N3O5S/c1-32-26(31)17-6-4-5-16(13-17)20-10-11-22(35-20)25-24(19-7-2-3-12-28-19)29-27(36)30(25)18-8-9-21-23(14-18)34-15-33-21/h2-14,24-25H,15H2,1H3,(H,29,36)/t24-,25+/m1/s1. The smallest absolute Gasteiger partial charge is 0.337 e. The van der Waals surface area contributed by atoms with Gasteiger partial charge in [-0.3, -0.25) is 4.98 Å². The summed E-state index contributed by atoms with van der Waals surface area (Å²) < 4.78 is 22.3. The molecule has 2 aliphatic heterocycles. The minimum atomic E-state index is -0.404. The van der Waals surface area contributed by atoms with Crippen molar-refractivity contribution in [3.63, 3.8) is 0 Å². The summed E-state index contributed by atoms with van der Waals surface area (Å²) in [6, 6.07) is 21.9. The molecule has 2 aromatic carbocycles. The number of carbonyl (C=O) groups is 1. The molecule has 1 fully saturated rings.